The van der Waals surface area contributed by atoms with Gasteiger partial charge in [0.15, 0.2) is 0 Å². The third-order valence-electron chi connectivity index (χ3n) is 5.75. The number of nitrogens with zero attached hydrogens (tertiary/aromatic N) is 1. The van der Waals surface area contributed by atoms with Crippen molar-refractivity contribution in [1.82, 2.24) is 20.5 Å². The number of aromatic amines is 1. The van der Waals surface area contributed by atoms with Crippen LogP contribution in [0.5, 0.6) is 5.75 Å². The van der Waals surface area contributed by atoms with Crippen LogP contribution >= 0.6 is 22.9 Å². The quantitative estimate of drug-likeness (QED) is 0.152. The number of thiazole rings is 1. The molecule has 0 saturated heterocycles. The van der Waals surface area contributed by atoms with Crippen molar-refractivity contribution in [1.29, 1.82) is 0 Å². The molecule has 194 valence electrons. The molecule has 0 aliphatic rings. The fourth-order valence-corrected chi connectivity index (χ4v) is 4.96. The molecule has 0 aliphatic carbocycles. The lowest BCUT2D eigenvalue weighted by Gasteiger charge is -2.24. The summed E-state index contributed by atoms with van der Waals surface area (Å²) in [7, 11) is 0. The lowest BCUT2D eigenvalue weighted by Crippen LogP contribution is -2.40. The fourth-order valence-electron chi connectivity index (χ4n) is 3.85. The third kappa shape index (κ3) is 8.46. The molecule has 3 aromatic rings. The second-order valence-electron chi connectivity index (χ2n) is 8.57. The van der Waals surface area contributed by atoms with Gasteiger partial charge >= 0.3 is 4.87 Å². The van der Waals surface area contributed by atoms with Crippen LogP contribution in [0.15, 0.2) is 53.3 Å². The van der Waals surface area contributed by atoms with E-state index in [1.54, 1.807) is 11.0 Å². The van der Waals surface area contributed by atoms with Crippen LogP contribution in [0.3, 0.4) is 0 Å². The van der Waals surface area contributed by atoms with Gasteiger partial charge in [-0.2, -0.15) is 0 Å². The summed E-state index contributed by atoms with van der Waals surface area (Å²) in [5.41, 5.74) is 3.19. The number of H-pyrrole nitrogens is 1. The molecule has 8 nitrogen and oxygen atoms in total. The van der Waals surface area contributed by atoms with Gasteiger partial charge in [0.1, 0.15) is 11.3 Å². The van der Waals surface area contributed by atoms with Gasteiger partial charge in [0.2, 0.25) is 5.91 Å². The molecule has 0 atom stereocenters. The highest BCUT2D eigenvalue weighted by Crippen LogP contribution is 2.27. The first-order valence-electron chi connectivity index (χ1n) is 11.9. The Morgan fingerprint density at radius 3 is 2.67 bits per heavy atom. The Bertz CT molecular complexity index is 1230. The summed E-state index contributed by atoms with van der Waals surface area (Å²) in [5, 5.41) is 26.6. The molecule has 0 aliphatic heterocycles. The van der Waals surface area contributed by atoms with Crippen LogP contribution in [0.1, 0.15) is 17.5 Å². The zero-order chi connectivity index (χ0) is 25.9. The number of phenols is 1. The number of hydrogen-bond donors (Lipinski definition) is 5. The maximum absolute atomic E-state index is 12.8. The first-order chi connectivity index (χ1) is 17.4. The average Bonchev–Trinajstić information content (AvgIpc) is 3.26. The summed E-state index contributed by atoms with van der Waals surface area (Å²) in [4.78, 5) is 28.7. The second-order valence-corrected chi connectivity index (χ2v) is 9.99. The van der Waals surface area contributed by atoms with E-state index < -0.39 is 0 Å². The minimum Gasteiger partial charge on any atom is -0.506 e. The molecule has 0 spiro atoms. The molecule has 36 heavy (non-hydrogen) atoms. The molecule has 5 N–H and O–H groups in total. The molecule has 0 bridgehead atoms. The molecular weight excluding hydrogens is 500 g/mol. The molecular formula is C26H33ClN4O4S. The number of fused-ring (bicyclic) bond motifs is 1. The van der Waals surface area contributed by atoms with Gasteiger partial charge in [-0.25, -0.2) is 0 Å². The van der Waals surface area contributed by atoms with Crippen molar-refractivity contribution >= 4 is 39.1 Å². The van der Waals surface area contributed by atoms with E-state index in [0.717, 1.165) is 40.1 Å². The van der Waals surface area contributed by atoms with E-state index in [0.29, 0.717) is 61.7 Å². The summed E-state index contributed by atoms with van der Waals surface area (Å²) >= 11 is 7.10. The molecule has 1 heterocycles. The number of aromatic nitrogens is 1. The lowest BCUT2D eigenvalue weighted by atomic mass is 10.1. The number of amides is 1. The molecule has 10 heteroatoms. The van der Waals surface area contributed by atoms with Crippen molar-refractivity contribution in [2.75, 3.05) is 45.9 Å². The maximum Gasteiger partial charge on any atom is 0.305 e. The summed E-state index contributed by atoms with van der Waals surface area (Å²) in [6.07, 6.45) is 1.86. The molecule has 1 amide bonds. The Labute approximate surface area is 219 Å². The minimum atomic E-state index is -0.196. The van der Waals surface area contributed by atoms with Gasteiger partial charge in [-0.05, 0) is 60.8 Å². The van der Waals surface area contributed by atoms with Gasteiger partial charge in [-0.3, -0.25) is 9.59 Å². The summed E-state index contributed by atoms with van der Waals surface area (Å²) in [6, 6.07) is 11.1. The SMILES string of the molecule is C=C(CO)CN(CCNCCc1ccc(O)c2[nH]c(=O)sc12)C(=O)CCNCCc1cccc(Cl)c1. The third-order valence-corrected chi connectivity index (χ3v) is 6.95. The first-order valence-corrected chi connectivity index (χ1v) is 13.1. The van der Waals surface area contributed by atoms with Crippen LogP contribution < -0.4 is 15.5 Å². The van der Waals surface area contributed by atoms with E-state index >= 15 is 0 Å². The van der Waals surface area contributed by atoms with Crippen molar-refractivity contribution in [3.8, 4) is 5.75 Å². The number of benzene rings is 2. The number of aromatic hydroxyl groups is 1. The normalized spacial score (nSPS) is 11.2. The summed E-state index contributed by atoms with van der Waals surface area (Å²) < 4.78 is 0.765. The highest BCUT2D eigenvalue weighted by Gasteiger charge is 2.14. The van der Waals surface area contributed by atoms with Crippen LogP contribution in [-0.2, 0) is 17.6 Å². The van der Waals surface area contributed by atoms with E-state index in [9.17, 15) is 19.8 Å². The van der Waals surface area contributed by atoms with Crippen molar-refractivity contribution in [3.63, 3.8) is 0 Å². The number of halogens is 1. The van der Waals surface area contributed by atoms with Gasteiger partial charge in [0.25, 0.3) is 0 Å². The Morgan fingerprint density at radius 1 is 1.11 bits per heavy atom. The Hall–Kier alpha value is -2.69. The highest BCUT2D eigenvalue weighted by molar-refractivity contribution is 7.16. The average molecular weight is 533 g/mol. The standard InChI is InChI=1S/C26H33ClN4O4S/c1-18(17-32)16-31(23(34)9-12-28-10-7-19-3-2-4-21(27)15-19)14-13-29-11-8-20-5-6-22(33)24-25(20)36-26(35)30-24/h2-6,15,28-29,32-33H,1,7-14,16-17H2,(H,30,35). The predicted molar refractivity (Wildman–Crippen MR) is 146 cm³/mol. The maximum atomic E-state index is 12.8. The number of carbonyl (C=O) groups is 1. The smallest absolute Gasteiger partial charge is 0.305 e. The van der Waals surface area contributed by atoms with Crippen molar-refractivity contribution in [2.24, 2.45) is 0 Å². The Morgan fingerprint density at radius 2 is 1.89 bits per heavy atom. The molecule has 3 rings (SSSR count). The van der Waals surface area contributed by atoms with Crippen LogP contribution in [0.2, 0.25) is 5.02 Å². The van der Waals surface area contributed by atoms with E-state index in [4.69, 9.17) is 11.6 Å². The van der Waals surface area contributed by atoms with E-state index in [-0.39, 0.29) is 23.1 Å². The van der Waals surface area contributed by atoms with Gasteiger partial charge < -0.3 is 30.7 Å². The summed E-state index contributed by atoms with van der Waals surface area (Å²) in [6.45, 7) is 7.02. The van der Waals surface area contributed by atoms with Crippen LogP contribution in [-0.4, -0.2) is 71.9 Å². The topological polar surface area (TPSA) is 118 Å². The lowest BCUT2D eigenvalue weighted by molar-refractivity contribution is -0.130. The van der Waals surface area contributed by atoms with Crippen LogP contribution in [0.4, 0.5) is 0 Å². The number of nitrogens with one attached hydrogen (secondary N) is 3. The van der Waals surface area contributed by atoms with Crippen molar-refractivity contribution in [2.45, 2.75) is 19.3 Å². The molecule has 0 fully saturated rings. The zero-order valence-electron chi connectivity index (χ0n) is 20.2. The van der Waals surface area contributed by atoms with Gasteiger partial charge in [0, 0.05) is 37.6 Å². The summed E-state index contributed by atoms with van der Waals surface area (Å²) in [5.74, 6) is 0.0660. The van der Waals surface area contributed by atoms with Crippen molar-refractivity contribution < 1.29 is 15.0 Å². The van der Waals surface area contributed by atoms with Crippen LogP contribution in [0, 0.1) is 0 Å². The molecule has 0 unspecified atom stereocenters. The van der Waals surface area contributed by atoms with E-state index in [1.807, 2.05) is 30.3 Å². The second kappa shape index (κ2) is 14.2. The zero-order valence-corrected chi connectivity index (χ0v) is 21.8. The largest absolute Gasteiger partial charge is 0.506 e. The van der Waals surface area contributed by atoms with Gasteiger partial charge in [0.05, 0.1) is 11.3 Å². The predicted octanol–water partition coefficient (Wildman–Crippen LogP) is 2.68. The number of aliphatic hydroxyl groups excluding tert-OH is 1. The van der Waals surface area contributed by atoms with E-state index in [1.165, 1.54) is 0 Å². The monoisotopic (exact) mass is 532 g/mol. The number of rotatable bonds is 15. The van der Waals surface area contributed by atoms with Gasteiger partial charge in [-0.1, -0.05) is 47.7 Å². The van der Waals surface area contributed by atoms with Gasteiger partial charge in [-0.15, -0.1) is 0 Å². The first kappa shape index (κ1) is 27.9. The van der Waals surface area contributed by atoms with E-state index in [2.05, 4.69) is 22.2 Å². The minimum absolute atomic E-state index is 0.000929. The molecule has 1 aromatic heterocycles. The number of aliphatic hydroxyl groups is 1. The fraction of sp³-hybridized carbons (Fsp3) is 0.385. The van der Waals surface area contributed by atoms with Crippen LogP contribution in [0.25, 0.3) is 10.2 Å². The number of carbonyl (C=O) groups excluding carboxylic acids is 1. The molecule has 2 aromatic carbocycles. The molecule has 0 radical (unpaired) electrons. The Kier molecular flexibility index (Phi) is 11.0. The number of phenolic OH excluding ortho intramolecular Hbond substituents is 1. The number of hydrogen-bond acceptors (Lipinski definition) is 7. The molecule has 0 saturated carbocycles. The van der Waals surface area contributed by atoms with Crippen molar-refractivity contribution in [3.05, 3.63) is 74.4 Å². The Balaban J connectivity index is 1.41. The highest BCUT2D eigenvalue weighted by atomic mass is 35.5.